The highest BCUT2D eigenvalue weighted by molar-refractivity contribution is 6.20. The van der Waals surface area contributed by atoms with Crippen LogP contribution >= 0.6 is 0 Å². The Balaban J connectivity index is 1.39. The summed E-state index contributed by atoms with van der Waals surface area (Å²) >= 11 is 0. The summed E-state index contributed by atoms with van der Waals surface area (Å²) in [5, 5.41) is 14.5. The van der Waals surface area contributed by atoms with E-state index in [-0.39, 0.29) is 17.4 Å². The molecule has 0 aliphatic carbocycles. The average Bonchev–Trinajstić information content (AvgIpc) is 3.56. The van der Waals surface area contributed by atoms with E-state index in [0.717, 1.165) is 13.0 Å². The van der Waals surface area contributed by atoms with E-state index in [9.17, 15) is 14.0 Å². The lowest BCUT2D eigenvalue weighted by Gasteiger charge is -2.22. The molecule has 216 valence electrons. The van der Waals surface area contributed by atoms with E-state index >= 15 is 0 Å². The molecule has 0 fully saturated rings. The van der Waals surface area contributed by atoms with Crippen LogP contribution in [0.2, 0.25) is 0 Å². The first-order valence-corrected chi connectivity index (χ1v) is 13.8. The summed E-state index contributed by atoms with van der Waals surface area (Å²) in [7, 11) is 3.97. The number of ether oxygens (including phenoxy) is 1. The molecule has 42 heavy (non-hydrogen) atoms. The molecule has 11 nitrogen and oxygen atoms in total. The van der Waals surface area contributed by atoms with Gasteiger partial charge in [0.1, 0.15) is 17.1 Å². The fourth-order valence-corrected chi connectivity index (χ4v) is 5.01. The van der Waals surface area contributed by atoms with Crippen LogP contribution in [0.1, 0.15) is 34.8 Å². The normalized spacial score (nSPS) is 17.9. The number of anilines is 1. The number of hydrogen-bond donors (Lipinski definition) is 2. The van der Waals surface area contributed by atoms with Gasteiger partial charge >= 0.3 is 0 Å². The van der Waals surface area contributed by atoms with Gasteiger partial charge < -0.3 is 20.3 Å². The van der Waals surface area contributed by atoms with Crippen molar-refractivity contribution in [3.63, 3.8) is 0 Å². The predicted octanol–water partition coefficient (Wildman–Crippen LogP) is 3.16. The Morgan fingerprint density at radius 2 is 1.98 bits per heavy atom. The third kappa shape index (κ3) is 5.28. The van der Waals surface area contributed by atoms with Crippen molar-refractivity contribution in [2.45, 2.75) is 38.7 Å². The Labute approximate surface area is 242 Å². The zero-order valence-corrected chi connectivity index (χ0v) is 23.5. The maximum atomic E-state index is 14.9. The third-order valence-electron chi connectivity index (χ3n) is 7.21. The van der Waals surface area contributed by atoms with Crippen molar-refractivity contribution in [1.82, 2.24) is 29.8 Å². The van der Waals surface area contributed by atoms with E-state index in [1.165, 1.54) is 6.07 Å². The summed E-state index contributed by atoms with van der Waals surface area (Å²) < 4.78 is 24.4. The molecule has 0 radical (unpaired) electrons. The quantitative estimate of drug-likeness (QED) is 0.353. The summed E-state index contributed by atoms with van der Waals surface area (Å²) in [6, 6.07) is 13.6. The monoisotopic (exact) mass is 570 g/mol. The maximum Gasteiger partial charge on any atom is 0.269 e. The van der Waals surface area contributed by atoms with Gasteiger partial charge in [-0.1, -0.05) is 42.5 Å². The molecule has 0 unspecified atom stereocenters. The van der Waals surface area contributed by atoms with Crippen molar-refractivity contribution >= 4 is 23.2 Å². The zero-order chi connectivity index (χ0) is 29.4. The number of fused-ring (bicyclic) bond motifs is 2. The lowest BCUT2D eigenvalue weighted by molar-refractivity contribution is -0.117. The number of para-hydroxylation sites is 1. The zero-order valence-electron chi connectivity index (χ0n) is 23.5. The minimum absolute atomic E-state index is 0.00718. The van der Waals surface area contributed by atoms with Crippen LogP contribution in [0, 0.1) is 5.82 Å². The molecule has 0 spiro atoms. The van der Waals surface area contributed by atoms with Crippen LogP contribution in [0.5, 0.6) is 5.88 Å². The number of amides is 2. The number of likely N-dealkylation sites (N-methyl/N-ethyl adjacent to an activating group) is 1. The summed E-state index contributed by atoms with van der Waals surface area (Å²) in [5.74, 6) is -1.55. The number of aliphatic imine (C=N–C) groups is 1. The molecule has 2 N–H and O–H groups in total. The number of nitrogens with one attached hydrogen (secondary N) is 2. The van der Waals surface area contributed by atoms with Crippen LogP contribution in [0.4, 0.5) is 10.1 Å². The number of benzene rings is 2. The largest absolute Gasteiger partial charge is 0.474 e. The topological polar surface area (TPSA) is 119 Å². The molecule has 2 aliphatic rings. The standard InChI is InChI=1S/C30H31FN8O3/c1-18-12-13-39-30(42-18)23(25(36-39)20-16-32-38(17-20)15-14-37(2)3)28(40)35-27-29(41)34-26-21(10-7-11-22(26)31)24(33-27)19-8-5-4-6-9-19/h4-11,16-18,27H,12-15H2,1-3H3,(H,34,41)(H,35,40)/t18-,27-/m1/s1. The van der Waals surface area contributed by atoms with Gasteiger partial charge in [0.25, 0.3) is 11.8 Å². The van der Waals surface area contributed by atoms with Crippen LogP contribution in [0.15, 0.2) is 65.9 Å². The number of carbonyl (C=O) groups excluding carboxylic acids is 2. The molecular weight excluding hydrogens is 539 g/mol. The average molecular weight is 571 g/mol. The SMILES string of the molecule is C[C@@H]1CCn2nc(-c3cnn(CCN(C)C)c3)c(C(=O)N[C@H]3N=C(c4ccccc4)c4cccc(F)c4NC3=O)c2O1. The number of hydrogen-bond acceptors (Lipinski definition) is 7. The van der Waals surface area contributed by atoms with Crippen LogP contribution in [0.25, 0.3) is 11.3 Å². The highest BCUT2D eigenvalue weighted by atomic mass is 19.1. The molecule has 2 aliphatic heterocycles. The van der Waals surface area contributed by atoms with Crippen molar-refractivity contribution in [2.24, 2.45) is 4.99 Å². The van der Waals surface area contributed by atoms with E-state index in [1.807, 2.05) is 57.5 Å². The lowest BCUT2D eigenvalue weighted by Crippen LogP contribution is -2.42. The number of aryl methyl sites for hydroxylation is 1. The van der Waals surface area contributed by atoms with E-state index in [0.29, 0.717) is 47.1 Å². The van der Waals surface area contributed by atoms with Gasteiger partial charge in [0.2, 0.25) is 12.0 Å². The summed E-state index contributed by atoms with van der Waals surface area (Å²) in [5.41, 5.74) is 2.69. The summed E-state index contributed by atoms with van der Waals surface area (Å²) in [6.07, 6.45) is 2.75. The van der Waals surface area contributed by atoms with Gasteiger partial charge in [-0.25, -0.2) is 14.1 Å². The minimum Gasteiger partial charge on any atom is -0.474 e. The smallest absolute Gasteiger partial charge is 0.269 e. The van der Waals surface area contributed by atoms with Crippen LogP contribution < -0.4 is 15.4 Å². The molecule has 2 aromatic carbocycles. The molecule has 0 bridgehead atoms. The Bertz CT molecular complexity index is 1680. The molecule has 6 rings (SSSR count). The van der Waals surface area contributed by atoms with Gasteiger partial charge in [-0.2, -0.15) is 10.2 Å². The number of carbonyl (C=O) groups is 2. The van der Waals surface area contributed by atoms with Crippen LogP contribution in [-0.2, 0) is 17.9 Å². The van der Waals surface area contributed by atoms with Crippen molar-refractivity contribution < 1.29 is 18.7 Å². The fourth-order valence-electron chi connectivity index (χ4n) is 5.01. The number of nitrogens with zero attached hydrogens (tertiary/aromatic N) is 6. The van der Waals surface area contributed by atoms with Gasteiger partial charge in [0, 0.05) is 42.4 Å². The van der Waals surface area contributed by atoms with Crippen molar-refractivity contribution in [3.8, 4) is 17.1 Å². The predicted molar refractivity (Wildman–Crippen MR) is 155 cm³/mol. The first-order chi connectivity index (χ1) is 20.3. The first kappa shape index (κ1) is 27.3. The van der Waals surface area contributed by atoms with Gasteiger partial charge in [-0.05, 0) is 27.1 Å². The molecule has 2 atom stereocenters. The summed E-state index contributed by atoms with van der Waals surface area (Å²) in [4.78, 5) is 34.1. The number of rotatable bonds is 7. The third-order valence-corrected chi connectivity index (χ3v) is 7.21. The van der Waals surface area contributed by atoms with E-state index in [1.54, 1.807) is 27.7 Å². The van der Waals surface area contributed by atoms with Crippen LogP contribution in [0.3, 0.4) is 0 Å². The molecule has 4 heterocycles. The van der Waals surface area contributed by atoms with E-state index in [2.05, 4.69) is 25.6 Å². The second-order valence-corrected chi connectivity index (χ2v) is 10.6. The Morgan fingerprint density at radius 1 is 1.17 bits per heavy atom. The minimum atomic E-state index is -1.35. The Morgan fingerprint density at radius 3 is 2.76 bits per heavy atom. The van der Waals surface area contributed by atoms with E-state index < -0.39 is 23.8 Å². The van der Waals surface area contributed by atoms with Gasteiger partial charge in [-0.15, -0.1) is 0 Å². The number of halogens is 1. The molecule has 0 saturated heterocycles. The molecule has 2 aromatic heterocycles. The fraction of sp³-hybridized carbons (Fsp3) is 0.300. The molecule has 2 amide bonds. The highest BCUT2D eigenvalue weighted by Crippen LogP contribution is 2.34. The van der Waals surface area contributed by atoms with Crippen molar-refractivity contribution in [2.75, 3.05) is 26.0 Å². The van der Waals surface area contributed by atoms with Gasteiger partial charge in [0.05, 0.1) is 30.2 Å². The van der Waals surface area contributed by atoms with Crippen molar-refractivity contribution in [1.29, 1.82) is 0 Å². The lowest BCUT2D eigenvalue weighted by atomic mass is 10.0. The summed E-state index contributed by atoms with van der Waals surface area (Å²) in [6.45, 7) is 3.95. The molecule has 0 saturated carbocycles. The number of benzodiazepines with no additional fused rings is 1. The van der Waals surface area contributed by atoms with E-state index in [4.69, 9.17) is 9.84 Å². The molecular formula is C30H31FN8O3. The Kier molecular flexibility index (Phi) is 7.29. The van der Waals surface area contributed by atoms with Crippen molar-refractivity contribution in [3.05, 3.63) is 83.4 Å². The highest BCUT2D eigenvalue weighted by Gasteiger charge is 2.34. The second kappa shape index (κ2) is 11.2. The molecule has 4 aromatic rings. The van der Waals surface area contributed by atoms with Gasteiger partial charge in [0.15, 0.2) is 0 Å². The Hall–Kier alpha value is -4.84. The van der Waals surface area contributed by atoms with Gasteiger partial charge in [-0.3, -0.25) is 14.3 Å². The number of aromatic nitrogens is 4. The second-order valence-electron chi connectivity index (χ2n) is 10.6. The van der Waals surface area contributed by atoms with Crippen LogP contribution in [-0.4, -0.2) is 74.9 Å². The maximum absolute atomic E-state index is 14.9. The molecule has 12 heteroatoms. The first-order valence-electron chi connectivity index (χ1n) is 13.8.